The highest BCUT2D eigenvalue weighted by Gasteiger charge is 2.19. The standard InChI is InChI=1S/C26H29N5O2/c1-30(2)22(21-16-28-31(3)18-21)17-27-23(32)14-15-24-29-25(19-10-6-4-7-11-19)26(33-24)20-12-8-5-9-13-20/h4-13,16,18,22H,14-15,17H2,1-3H3,(H,27,32). The summed E-state index contributed by atoms with van der Waals surface area (Å²) in [7, 11) is 5.87. The van der Waals surface area contributed by atoms with Crippen molar-refractivity contribution >= 4 is 5.91 Å². The van der Waals surface area contributed by atoms with Crippen LogP contribution < -0.4 is 5.32 Å². The van der Waals surface area contributed by atoms with E-state index in [1.807, 2.05) is 94.2 Å². The predicted octanol–water partition coefficient (Wildman–Crippen LogP) is 4.09. The fourth-order valence-corrected chi connectivity index (χ4v) is 3.78. The van der Waals surface area contributed by atoms with Gasteiger partial charge < -0.3 is 14.6 Å². The lowest BCUT2D eigenvalue weighted by atomic mass is 10.1. The van der Waals surface area contributed by atoms with E-state index in [2.05, 4.69) is 15.3 Å². The van der Waals surface area contributed by atoms with Crippen LogP contribution in [0.15, 0.2) is 77.5 Å². The highest BCUT2D eigenvalue weighted by Crippen LogP contribution is 2.32. The van der Waals surface area contributed by atoms with E-state index in [-0.39, 0.29) is 11.9 Å². The molecule has 7 heteroatoms. The zero-order valence-corrected chi connectivity index (χ0v) is 19.2. The summed E-state index contributed by atoms with van der Waals surface area (Å²) in [5.74, 6) is 1.24. The molecule has 2 aromatic carbocycles. The number of aromatic nitrogens is 3. The minimum atomic E-state index is -0.0357. The Morgan fingerprint density at radius 1 is 1.06 bits per heavy atom. The summed E-state index contributed by atoms with van der Waals surface area (Å²) in [5.41, 5.74) is 3.81. The molecule has 0 saturated heterocycles. The van der Waals surface area contributed by atoms with Gasteiger partial charge in [-0.25, -0.2) is 4.98 Å². The van der Waals surface area contributed by atoms with Crippen molar-refractivity contribution in [2.75, 3.05) is 20.6 Å². The third kappa shape index (κ3) is 5.56. The molecule has 2 heterocycles. The molecule has 0 saturated carbocycles. The number of aryl methyl sites for hydroxylation is 2. The molecule has 0 fully saturated rings. The van der Waals surface area contributed by atoms with Crippen LogP contribution >= 0.6 is 0 Å². The number of amides is 1. The second kappa shape index (κ2) is 10.3. The van der Waals surface area contributed by atoms with Gasteiger partial charge in [-0.15, -0.1) is 0 Å². The average molecular weight is 444 g/mol. The Hall–Kier alpha value is -3.71. The van der Waals surface area contributed by atoms with E-state index < -0.39 is 0 Å². The summed E-state index contributed by atoms with van der Waals surface area (Å²) in [6, 6.07) is 20.0. The van der Waals surface area contributed by atoms with Crippen molar-refractivity contribution in [3.05, 3.63) is 84.5 Å². The SMILES string of the molecule is CN(C)C(CNC(=O)CCc1nc(-c2ccccc2)c(-c2ccccc2)o1)c1cnn(C)c1. The van der Waals surface area contributed by atoms with Gasteiger partial charge in [0, 0.05) is 49.3 Å². The van der Waals surface area contributed by atoms with Gasteiger partial charge in [0.05, 0.1) is 12.2 Å². The van der Waals surface area contributed by atoms with Gasteiger partial charge >= 0.3 is 0 Å². The summed E-state index contributed by atoms with van der Waals surface area (Å²) in [6.45, 7) is 0.508. The van der Waals surface area contributed by atoms with E-state index in [4.69, 9.17) is 9.40 Å². The summed E-state index contributed by atoms with van der Waals surface area (Å²) in [5, 5.41) is 7.28. The van der Waals surface area contributed by atoms with Crippen molar-refractivity contribution in [3.8, 4) is 22.6 Å². The van der Waals surface area contributed by atoms with Crippen molar-refractivity contribution in [2.45, 2.75) is 18.9 Å². The highest BCUT2D eigenvalue weighted by molar-refractivity contribution is 5.78. The second-order valence-corrected chi connectivity index (χ2v) is 8.25. The van der Waals surface area contributed by atoms with Gasteiger partial charge in [0.15, 0.2) is 11.7 Å². The minimum Gasteiger partial charge on any atom is -0.440 e. The first-order chi connectivity index (χ1) is 16.0. The molecule has 1 N–H and O–H groups in total. The highest BCUT2D eigenvalue weighted by atomic mass is 16.4. The van der Waals surface area contributed by atoms with Crippen LogP contribution in [-0.4, -0.2) is 46.2 Å². The van der Waals surface area contributed by atoms with E-state index >= 15 is 0 Å². The lowest BCUT2D eigenvalue weighted by Crippen LogP contribution is -2.34. The topological polar surface area (TPSA) is 76.2 Å². The molecule has 7 nitrogen and oxygen atoms in total. The van der Waals surface area contributed by atoms with Gasteiger partial charge in [0.25, 0.3) is 0 Å². The number of rotatable bonds is 9. The zero-order valence-electron chi connectivity index (χ0n) is 19.2. The number of benzene rings is 2. The van der Waals surface area contributed by atoms with E-state index in [0.29, 0.717) is 25.3 Å². The number of hydrogen-bond donors (Lipinski definition) is 1. The molecule has 0 aliphatic carbocycles. The van der Waals surface area contributed by atoms with Crippen LogP contribution in [-0.2, 0) is 18.3 Å². The molecule has 1 atom stereocenters. The van der Waals surface area contributed by atoms with Gasteiger partial charge in [0.1, 0.15) is 5.69 Å². The lowest BCUT2D eigenvalue weighted by molar-refractivity contribution is -0.121. The Morgan fingerprint density at radius 2 is 1.73 bits per heavy atom. The van der Waals surface area contributed by atoms with Gasteiger partial charge in [-0.2, -0.15) is 5.10 Å². The molecular weight excluding hydrogens is 414 g/mol. The van der Waals surface area contributed by atoms with Gasteiger partial charge in [-0.3, -0.25) is 9.48 Å². The molecule has 0 spiro atoms. The number of oxazole rings is 1. The first-order valence-corrected chi connectivity index (χ1v) is 11.0. The molecule has 1 unspecified atom stereocenters. The molecular formula is C26H29N5O2. The molecule has 33 heavy (non-hydrogen) atoms. The molecule has 4 rings (SSSR count). The van der Waals surface area contributed by atoms with Gasteiger partial charge in [-0.1, -0.05) is 60.7 Å². The molecule has 0 radical (unpaired) electrons. The number of nitrogens with zero attached hydrogens (tertiary/aromatic N) is 4. The van der Waals surface area contributed by atoms with E-state index in [0.717, 1.165) is 28.1 Å². The van der Waals surface area contributed by atoms with Crippen molar-refractivity contribution < 1.29 is 9.21 Å². The maximum absolute atomic E-state index is 12.6. The first-order valence-electron chi connectivity index (χ1n) is 11.0. The van der Waals surface area contributed by atoms with Crippen LogP contribution in [0.2, 0.25) is 0 Å². The Bertz CT molecular complexity index is 1120. The summed E-state index contributed by atoms with van der Waals surface area (Å²) < 4.78 is 7.90. The smallest absolute Gasteiger partial charge is 0.220 e. The van der Waals surface area contributed by atoms with Crippen molar-refractivity contribution in [1.82, 2.24) is 25.0 Å². The Kier molecular flexibility index (Phi) is 7.00. The monoisotopic (exact) mass is 443 g/mol. The third-order valence-electron chi connectivity index (χ3n) is 5.55. The van der Waals surface area contributed by atoms with Crippen LogP contribution in [0.5, 0.6) is 0 Å². The zero-order chi connectivity index (χ0) is 23.2. The normalized spacial score (nSPS) is 12.1. The molecule has 2 aromatic heterocycles. The van der Waals surface area contributed by atoms with Gasteiger partial charge in [0.2, 0.25) is 5.91 Å². The molecule has 0 aliphatic rings. The average Bonchev–Trinajstić information content (AvgIpc) is 3.45. The van der Waals surface area contributed by atoms with Crippen molar-refractivity contribution in [1.29, 1.82) is 0 Å². The lowest BCUT2D eigenvalue weighted by Gasteiger charge is -2.23. The molecule has 1 amide bonds. The van der Waals surface area contributed by atoms with Crippen LogP contribution in [0, 0.1) is 0 Å². The fourth-order valence-electron chi connectivity index (χ4n) is 3.78. The van der Waals surface area contributed by atoms with Gasteiger partial charge in [-0.05, 0) is 14.1 Å². The van der Waals surface area contributed by atoms with Crippen molar-refractivity contribution in [2.24, 2.45) is 7.05 Å². The number of hydrogen-bond acceptors (Lipinski definition) is 5. The number of carbonyl (C=O) groups is 1. The van der Waals surface area contributed by atoms with E-state index in [1.54, 1.807) is 4.68 Å². The maximum Gasteiger partial charge on any atom is 0.220 e. The Balaban J connectivity index is 1.44. The van der Waals surface area contributed by atoms with E-state index in [1.165, 1.54) is 0 Å². The molecule has 4 aromatic rings. The largest absolute Gasteiger partial charge is 0.440 e. The molecule has 170 valence electrons. The fraction of sp³-hybridized carbons (Fsp3) is 0.269. The van der Waals surface area contributed by atoms with Crippen molar-refractivity contribution in [3.63, 3.8) is 0 Å². The minimum absolute atomic E-state index is 0.0357. The first kappa shape index (κ1) is 22.5. The van der Waals surface area contributed by atoms with Crippen LogP contribution in [0.1, 0.15) is 23.9 Å². The predicted molar refractivity (Wildman–Crippen MR) is 128 cm³/mol. The second-order valence-electron chi connectivity index (χ2n) is 8.25. The van der Waals surface area contributed by atoms with Crippen LogP contribution in [0.25, 0.3) is 22.6 Å². The molecule has 0 bridgehead atoms. The number of likely N-dealkylation sites (N-methyl/N-ethyl adjacent to an activating group) is 1. The van der Waals surface area contributed by atoms with E-state index in [9.17, 15) is 4.79 Å². The summed E-state index contributed by atoms with van der Waals surface area (Å²) in [6.07, 6.45) is 4.54. The Labute approximate surface area is 194 Å². The maximum atomic E-state index is 12.6. The van der Waals surface area contributed by atoms with Crippen LogP contribution in [0.4, 0.5) is 0 Å². The third-order valence-corrected chi connectivity index (χ3v) is 5.55. The number of nitrogens with one attached hydrogen (secondary N) is 1. The quantitative estimate of drug-likeness (QED) is 0.422. The summed E-state index contributed by atoms with van der Waals surface area (Å²) in [4.78, 5) is 19.4. The van der Waals surface area contributed by atoms with Crippen LogP contribution in [0.3, 0.4) is 0 Å². The number of carbonyl (C=O) groups excluding carboxylic acids is 1. The summed E-state index contributed by atoms with van der Waals surface area (Å²) >= 11 is 0. The molecule has 0 aliphatic heterocycles. The Morgan fingerprint density at radius 3 is 2.33 bits per heavy atom.